The zero-order valence-corrected chi connectivity index (χ0v) is 9.29. The summed E-state index contributed by atoms with van der Waals surface area (Å²) in [5.41, 5.74) is 4.59. The van der Waals surface area contributed by atoms with Gasteiger partial charge >= 0.3 is 5.97 Å². The highest BCUT2D eigenvalue weighted by Gasteiger charge is 2.17. The maximum absolute atomic E-state index is 11.7. The molecule has 7 nitrogen and oxygen atoms in total. The Morgan fingerprint density at radius 3 is 2.28 bits per heavy atom. The number of nitrogens with one attached hydrogen (secondary N) is 1. The van der Waals surface area contributed by atoms with E-state index >= 15 is 0 Å². The number of rotatable bonds is 5. The van der Waals surface area contributed by atoms with Crippen LogP contribution in [-0.4, -0.2) is 40.6 Å². The number of carboxylic acids is 1. The fourth-order valence-corrected chi connectivity index (χ4v) is 1.25. The molecule has 0 aromatic heterocycles. The number of nitrogens with two attached hydrogens (primary N) is 1. The minimum atomic E-state index is -1.51. The van der Waals surface area contributed by atoms with E-state index in [1.54, 1.807) is 0 Å². The number of aliphatic hydroxyl groups is 1. The Balaban J connectivity index is 2.79. The van der Waals surface area contributed by atoms with Gasteiger partial charge in [0.05, 0.1) is 17.7 Å². The predicted octanol–water partition coefficient (Wildman–Crippen LogP) is -1.04. The molecule has 0 bridgehead atoms. The van der Waals surface area contributed by atoms with Gasteiger partial charge in [-0.1, -0.05) is 12.1 Å². The quantitative estimate of drug-likeness (QED) is 0.532. The smallest absolute Gasteiger partial charge is 0.336 e. The molecule has 1 aromatic rings. The number of benzene rings is 1. The molecule has 96 valence electrons. The number of aliphatic hydroxyl groups excluding tert-OH is 1. The van der Waals surface area contributed by atoms with Crippen molar-refractivity contribution < 1.29 is 24.6 Å². The molecule has 0 saturated heterocycles. The first-order chi connectivity index (χ1) is 8.43. The summed E-state index contributed by atoms with van der Waals surface area (Å²) in [7, 11) is 0. The second-order valence-corrected chi connectivity index (χ2v) is 3.48. The molecule has 18 heavy (non-hydrogen) atoms. The van der Waals surface area contributed by atoms with Crippen LogP contribution in [0.1, 0.15) is 20.7 Å². The number of primary amides is 1. The highest BCUT2D eigenvalue weighted by molar-refractivity contribution is 6.04. The maximum Gasteiger partial charge on any atom is 0.336 e. The fourth-order valence-electron chi connectivity index (χ4n) is 1.25. The fraction of sp³-hybridized carbons (Fsp3) is 0.182. The van der Waals surface area contributed by atoms with Crippen molar-refractivity contribution in [2.24, 2.45) is 5.73 Å². The number of aromatic carboxylic acids is 1. The lowest BCUT2D eigenvalue weighted by atomic mass is 10.1. The van der Waals surface area contributed by atoms with Gasteiger partial charge in [-0.2, -0.15) is 0 Å². The van der Waals surface area contributed by atoms with Crippen LogP contribution in [0.25, 0.3) is 0 Å². The molecule has 1 atom stereocenters. The van der Waals surface area contributed by atoms with E-state index in [1.807, 2.05) is 0 Å². The van der Waals surface area contributed by atoms with Crippen LogP contribution in [0.4, 0.5) is 0 Å². The molecule has 0 saturated carbocycles. The van der Waals surface area contributed by atoms with Gasteiger partial charge in [-0.25, -0.2) is 4.79 Å². The topological polar surface area (TPSA) is 130 Å². The van der Waals surface area contributed by atoms with Gasteiger partial charge in [0.1, 0.15) is 6.10 Å². The molecule has 0 radical (unpaired) electrons. The Morgan fingerprint density at radius 1 is 1.22 bits per heavy atom. The van der Waals surface area contributed by atoms with Crippen molar-refractivity contribution in [3.8, 4) is 0 Å². The van der Waals surface area contributed by atoms with Crippen molar-refractivity contribution in [3.05, 3.63) is 35.4 Å². The Bertz CT molecular complexity index is 486. The summed E-state index contributed by atoms with van der Waals surface area (Å²) in [5.74, 6) is -2.91. The Kier molecular flexibility index (Phi) is 4.39. The van der Waals surface area contributed by atoms with Gasteiger partial charge in [0.25, 0.3) is 5.91 Å². The second-order valence-electron chi connectivity index (χ2n) is 3.48. The van der Waals surface area contributed by atoms with E-state index in [-0.39, 0.29) is 17.7 Å². The van der Waals surface area contributed by atoms with Gasteiger partial charge in [0, 0.05) is 0 Å². The van der Waals surface area contributed by atoms with E-state index in [2.05, 4.69) is 5.32 Å². The van der Waals surface area contributed by atoms with Crippen LogP contribution in [0.5, 0.6) is 0 Å². The average molecular weight is 252 g/mol. The number of carbonyl (C=O) groups is 3. The van der Waals surface area contributed by atoms with E-state index in [4.69, 9.17) is 15.9 Å². The van der Waals surface area contributed by atoms with E-state index in [0.717, 1.165) is 0 Å². The summed E-state index contributed by atoms with van der Waals surface area (Å²) in [6.45, 7) is -0.373. The lowest BCUT2D eigenvalue weighted by Gasteiger charge is -2.09. The molecule has 0 aliphatic carbocycles. The molecule has 1 aromatic carbocycles. The normalized spacial score (nSPS) is 11.6. The van der Waals surface area contributed by atoms with Gasteiger partial charge < -0.3 is 21.3 Å². The third kappa shape index (κ3) is 3.29. The van der Waals surface area contributed by atoms with Crippen LogP contribution in [0.3, 0.4) is 0 Å². The van der Waals surface area contributed by atoms with Crippen molar-refractivity contribution >= 4 is 17.8 Å². The second kappa shape index (κ2) is 5.78. The monoisotopic (exact) mass is 252 g/mol. The van der Waals surface area contributed by atoms with Crippen LogP contribution in [0.15, 0.2) is 24.3 Å². The molecular formula is C11H12N2O5. The molecular weight excluding hydrogens is 240 g/mol. The minimum absolute atomic E-state index is 0.0540. The van der Waals surface area contributed by atoms with Crippen LogP contribution < -0.4 is 11.1 Å². The number of hydrogen-bond acceptors (Lipinski definition) is 4. The number of carboxylic acid groups (broad SMARTS) is 1. The van der Waals surface area contributed by atoms with Gasteiger partial charge in [-0.15, -0.1) is 0 Å². The molecule has 2 amide bonds. The van der Waals surface area contributed by atoms with Crippen LogP contribution >= 0.6 is 0 Å². The summed E-state index contributed by atoms with van der Waals surface area (Å²) >= 11 is 0. The SMILES string of the molecule is NC(=O)C(O)CNC(=O)c1ccccc1C(=O)O. The van der Waals surface area contributed by atoms with Gasteiger partial charge in [0.2, 0.25) is 5.91 Å². The van der Waals surface area contributed by atoms with Crippen molar-refractivity contribution in [1.82, 2.24) is 5.32 Å². The molecule has 0 spiro atoms. The molecule has 7 heteroatoms. The summed E-state index contributed by atoms with van der Waals surface area (Å²) in [4.78, 5) is 33.1. The van der Waals surface area contributed by atoms with Crippen LogP contribution in [0.2, 0.25) is 0 Å². The Hall–Kier alpha value is -2.41. The first-order valence-corrected chi connectivity index (χ1v) is 5.01. The van der Waals surface area contributed by atoms with Crippen LogP contribution in [0, 0.1) is 0 Å². The van der Waals surface area contributed by atoms with Gasteiger partial charge in [-0.05, 0) is 12.1 Å². The van der Waals surface area contributed by atoms with Crippen molar-refractivity contribution in [2.45, 2.75) is 6.10 Å². The standard InChI is InChI=1S/C11H12N2O5/c12-9(15)8(14)5-13-10(16)6-3-1-2-4-7(6)11(17)18/h1-4,8,14H,5H2,(H2,12,15)(H,13,16)(H,17,18). The van der Waals surface area contributed by atoms with Crippen molar-refractivity contribution in [2.75, 3.05) is 6.54 Å². The molecule has 5 N–H and O–H groups in total. The van der Waals surface area contributed by atoms with E-state index < -0.39 is 23.9 Å². The number of amides is 2. The lowest BCUT2D eigenvalue weighted by Crippen LogP contribution is -2.40. The van der Waals surface area contributed by atoms with Crippen molar-refractivity contribution in [3.63, 3.8) is 0 Å². The molecule has 1 rings (SSSR count). The average Bonchev–Trinajstić information content (AvgIpc) is 2.35. The number of carbonyl (C=O) groups excluding carboxylic acids is 2. The third-order valence-corrected chi connectivity index (χ3v) is 2.19. The summed E-state index contributed by atoms with van der Waals surface area (Å²) in [6, 6.07) is 5.60. The zero-order chi connectivity index (χ0) is 13.7. The van der Waals surface area contributed by atoms with Crippen molar-refractivity contribution in [1.29, 1.82) is 0 Å². The minimum Gasteiger partial charge on any atom is -0.478 e. The Labute approximate surface area is 102 Å². The summed E-state index contributed by atoms with van der Waals surface area (Å²) in [6.07, 6.45) is -1.51. The molecule has 0 heterocycles. The summed E-state index contributed by atoms with van der Waals surface area (Å²) < 4.78 is 0. The molecule has 1 unspecified atom stereocenters. The largest absolute Gasteiger partial charge is 0.478 e. The first-order valence-electron chi connectivity index (χ1n) is 5.01. The molecule has 0 aliphatic rings. The maximum atomic E-state index is 11.7. The number of hydrogen-bond donors (Lipinski definition) is 4. The highest BCUT2D eigenvalue weighted by atomic mass is 16.4. The zero-order valence-electron chi connectivity index (χ0n) is 9.29. The van der Waals surface area contributed by atoms with Crippen LogP contribution in [-0.2, 0) is 4.79 Å². The predicted molar refractivity (Wildman–Crippen MR) is 60.9 cm³/mol. The third-order valence-electron chi connectivity index (χ3n) is 2.19. The molecule has 0 aliphatic heterocycles. The Morgan fingerprint density at radius 2 is 1.78 bits per heavy atom. The highest BCUT2D eigenvalue weighted by Crippen LogP contribution is 2.08. The van der Waals surface area contributed by atoms with E-state index in [9.17, 15) is 14.4 Å². The van der Waals surface area contributed by atoms with Gasteiger partial charge in [0.15, 0.2) is 0 Å². The van der Waals surface area contributed by atoms with E-state index in [0.29, 0.717) is 0 Å². The lowest BCUT2D eigenvalue weighted by molar-refractivity contribution is -0.125. The first kappa shape index (κ1) is 13.7. The summed E-state index contributed by atoms with van der Waals surface area (Å²) in [5, 5.41) is 20.2. The molecule has 0 fully saturated rings. The van der Waals surface area contributed by atoms with Gasteiger partial charge in [-0.3, -0.25) is 9.59 Å². The van der Waals surface area contributed by atoms with E-state index in [1.165, 1.54) is 24.3 Å².